The molecule has 0 spiro atoms. The Bertz CT molecular complexity index is 894. The third kappa shape index (κ3) is 4.59. The molecule has 2 rings (SSSR count). The van der Waals surface area contributed by atoms with Crippen molar-refractivity contribution in [2.24, 2.45) is 10.2 Å². The van der Waals surface area contributed by atoms with Crippen LogP contribution in [0.2, 0.25) is 0 Å². The summed E-state index contributed by atoms with van der Waals surface area (Å²) in [7, 11) is -4.53. The predicted octanol–water partition coefficient (Wildman–Crippen LogP) is 3.58. The van der Waals surface area contributed by atoms with E-state index in [1.807, 2.05) is 0 Å². The molecule has 0 bridgehead atoms. The smallest absolute Gasteiger partial charge is 0.359 e. The zero-order valence-corrected chi connectivity index (χ0v) is 15.1. The zero-order valence-electron chi connectivity index (χ0n) is 13.4. The third-order valence-electron chi connectivity index (χ3n) is 3.18. The maximum Gasteiger partial charge on any atom is 0.359 e. The van der Waals surface area contributed by atoms with Crippen LogP contribution in [0.3, 0.4) is 0 Å². The fourth-order valence-electron chi connectivity index (χ4n) is 2.13. The summed E-state index contributed by atoms with van der Waals surface area (Å²) in [5, 5.41) is 19.2. The number of aromatic carboxylic acids is 1. The lowest BCUT2D eigenvalue weighted by molar-refractivity contribution is 0.0697. The Hall–Kier alpha value is -2.37. The number of aryl methyl sites for hydroxylation is 1. The number of hydrogen-bond donors (Lipinski definition) is 2. The number of rotatable bonds is 7. The number of benzene rings is 1. The molecule has 0 aliphatic carbocycles. The first kappa shape index (κ1) is 19.0. The SMILES string of the molecule is CCCN(c1cc(C(=O)O)c(N=Nc2nccs2)cc1C)S(=O)(=O)O. The third-order valence-corrected chi connectivity index (χ3v) is 4.77. The summed E-state index contributed by atoms with van der Waals surface area (Å²) in [5.74, 6) is -1.29. The first-order valence-electron chi connectivity index (χ1n) is 7.18. The highest BCUT2D eigenvalue weighted by molar-refractivity contribution is 7.87. The highest BCUT2D eigenvalue weighted by Gasteiger charge is 2.23. The highest BCUT2D eigenvalue weighted by Crippen LogP contribution is 2.32. The van der Waals surface area contributed by atoms with Crippen LogP contribution in [-0.2, 0) is 10.3 Å². The number of azo groups is 1. The number of hydrogen-bond acceptors (Lipinski definition) is 7. The molecule has 0 amide bonds. The van der Waals surface area contributed by atoms with Gasteiger partial charge in [-0.3, -0.25) is 4.55 Å². The van der Waals surface area contributed by atoms with Gasteiger partial charge >= 0.3 is 16.3 Å². The van der Waals surface area contributed by atoms with Crippen LogP contribution >= 0.6 is 11.3 Å². The molecule has 134 valence electrons. The average molecular weight is 384 g/mol. The lowest BCUT2D eigenvalue weighted by Crippen LogP contribution is -2.31. The molecule has 0 saturated heterocycles. The molecular weight excluding hydrogens is 368 g/mol. The lowest BCUT2D eigenvalue weighted by atomic mass is 10.1. The molecule has 0 radical (unpaired) electrons. The van der Waals surface area contributed by atoms with Gasteiger partial charge in [-0.25, -0.2) is 14.1 Å². The van der Waals surface area contributed by atoms with E-state index in [1.54, 1.807) is 25.4 Å². The molecule has 9 nitrogen and oxygen atoms in total. The van der Waals surface area contributed by atoms with Crippen molar-refractivity contribution in [3.05, 3.63) is 34.8 Å². The second-order valence-electron chi connectivity index (χ2n) is 5.03. The molecule has 1 aromatic carbocycles. The van der Waals surface area contributed by atoms with Gasteiger partial charge < -0.3 is 5.11 Å². The van der Waals surface area contributed by atoms with E-state index >= 15 is 0 Å². The summed E-state index contributed by atoms with van der Waals surface area (Å²) in [6.07, 6.45) is 1.98. The quantitative estimate of drug-likeness (QED) is 0.554. The number of carboxylic acid groups (broad SMARTS) is 1. The Morgan fingerprint density at radius 1 is 1.36 bits per heavy atom. The molecule has 1 aromatic heterocycles. The van der Waals surface area contributed by atoms with Gasteiger partial charge in [0.2, 0.25) is 5.13 Å². The standard InChI is InChI=1S/C14H16N4O5S2/c1-3-5-18(25(21,22)23)12-8-10(13(19)20)11(7-9(12)2)16-17-14-15-4-6-24-14/h4,6-8H,3,5H2,1-2H3,(H,19,20)(H,21,22,23). The highest BCUT2D eigenvalue weighted by atomic mass is 32.2. The van der Waals surface area contributed by atoms with Gasteiger partial charge in [-0.05, 0) is 31.0 Å². The molecule has 0 atom stereocenters. The van der Waals surface area contributed by atoms with Gasteiger partial charge in [-0.15, -0.1) is 21.6 Å². The minimum Gasteiger partial charge on any atom is -0.478 e. The Morgan fingerprint density at radius 3 is 2.60 bits per heavy atom. The predicted molar refractivity (Wildman–Crippen MR) is 93.6 cm³/mol. The van der Waals surface area contributed by atoms with Crippen LogP contribution in [-0.4, -0.2) is 35.6 Å². The van der Waals surface area contributed by atoms with Crippen molar-refractivity contribution < 1.29 is 22.9 Å². The number of carboxylic acids is 1. The van der Waals surface area contributed by atoms with Crippen LogP contribution in [0.15, 0.2) is 33.9 Å². The second kappa shape index (κ2) is 7.68. The number of aromatic nitrogens is 1. The van der Waals surface area contributed by atoms with Crippen LogP contribution in [0.5, 0.6) is 0 Å². The van der Waals surface area contributed by atoms with E-state index in [2.05, 4.69) is 15.2 Å². The van der Waals surface area contributed by atoms with Crippen LogP contribution in [0.4, 0.5) is 16.5 Å². The maximum absolute atomic E-state index is 11.6. The molecule has 11 heteroatoms. The summed E-state index contributed by atoms with van der Waals surface area (Å²) in [6.45, 7) is 3.35. The van der Waals surface area contributed by atoms with E-state index in [0.717, 1.165) is 10.4 Å². The average Bonchev–Trinajstić information content (AvgIpc) is 3.03. The molecule has 0 aliphatic heterocycles. The van der Waals surface area contributed by atoms with Crippen molar-refractivity contribution >= 4 is 44.1 Å². The van der Waals surface area contributed by atoms with Gasteiger partial charge in [-0.2, -0.15) is 8.42 Å². The van der Waals surface area contributed by atoms with Gasteiger partial charge in [0, 0.05) is 18.1 Å². The fraction of sp³-hybridized carbons (Fsp3) is 0.286. The minimum atomic E-state index is -4.53. The second-order valence-corrected chi connectivity index (χ2v) is 7.24. The summed E-state index contributed by atoms with van der Waals surface area (Å²) in [6, 6.07) is 2.57. The van der Waals surface area contributed by atoms with Crippen LogP contribution in [0, 0.1) is 6.92 Å². The number of anilines is 1. The van der Waals surface area contributed by atoms with Crippen molar-refractivity contribution in [3.8, 4) is 0 Å². The molecule has 2 aromatic rings. The maximum atomic E-state index is 11.6. The molecule has 2 N–H and O–H groups in total. The summed E-state index contributed by atoms with van der Waals surface area (Å²) in [4.78, 5) is 15.5. The van der Waals surface area contributed by atoms with Crippen LogP contribution < -0.4 is 4.31 Å². The van der Waals surface area contributed by atoms with Crippen molar-refractivity contribution in [1.82, 2.24) is 4.98 Å². The van der Waals surface area contributed by atoms with Gasteiger partial charge in [0.05, 0.1) is 11.3 Å². The van der Waals surface area contributed by atoms with E-state index in [1.165, 1.54) is 17.4 Å². The van der Waals surface area contributed by atoms with Gasteiger partial charge in [0.15, 0.2) is 0 Å². The zero-order chi connectivity index (χ0) is 18.6. The number of carbonyl (C=O) groups is 1. The molecule has 0 unspecified atom stereocenters. The van der Waals surface area contributed by atoms with Gasteiger partial charge in [0.25, 0.3) is 0 Å². The molecule has 0 fully saturated rings. The van der Waals surface area contributed by atoms with E-state index in [0.29, 0.717) is 17.1 Å². The molecule has 0 saturated carbocycles. The Morgan fingerprint density at radius 2 is 2.08 bits per heavy atom. The van der Waals surface area contributed by atoms with Crippen LogP contribution in [0.1, 0.15) is 29.3 Å². The van der Waals surface area contributed by atoms with E-state index < -0.39 is 16.3 Å². The molecule has 1 heterocycles. The Kier molecular flexibility index (Phi) is 5.82. The largest absolute Gasteiger partial charge is 0.478 e. The topological polar surface area (TPSA) is 133 Å². The first-order valence-corrected chi connectivity index (χ1v) is 9.46. The van der Waals surface area contributed by atoms with Crippen molar-refractivity contribution in [2.45, 2.75) is 20.3 Å². The monoisotopic (exact) mass is 384 g/mol. The summed E-state index contributed by atoms with van der Waals surface area (Å²) >= 11 is 1.24. The summed E-state index contributed by atoms with van der Waals surface area (Å²) in [5.41, 5.74) is 0.348. The number of thiazole rings is 1. The molecule has 0 aliphatic rings. The van der Waals surface area contributed by atoms with E-state index in [-0.39, 0.29) is 23.5 Å². The Balaban J connectivity index is 2.55. The molecule has 25 heavy (non-hydrogen) atoms. The molecular formula is C14H16N4O5S2. The van der Waals surface area contributed by atoms with Crippen molar-refractivity contribution in [3.63, 3.8) is 0 Å². The number of nitrogens with zero attached hydrogens (tertiary/aromatic N) is 4. The van der Waals surface area contributed by atoms with Crippen molar-refractivity contribution in [2.75, 3.05) is 10.8 Å². The lowest BCUT2D eigenvalue weighted by Gasteiger charge is -2.22. The van der Waals surface area contributed by atoms with E-state index in [4.69, 9.17) is 0 Å². The Labute approximate surface area is 148 Å². The normalized spacial score (nSPS) is 11.8. The van der Waals surface area contributed by atoms with Gasteiger partial charge in [-0.1, -0.05) is 6.92 Å². The summed E-state index contributed by atoms with van der Waals surface area (Å²) < 4.78 is 33.4. The minimum absolute atomic E-state index is 0.0126. The first-order chi connectivity index (χ1) is 11.7. The van der Waals surface area contributed by atoms with E-state index in [9.17, 15) is 22.9 Å². The van der Waals surface area contributed by atoms with Crippen molar-refractivity contribution in [1.29, 1.82) is 0 Å². The fourth-order valence-corrected chi connectivity index (χ4v) is 3.44. The van der Waals surface area contributed by atoms with Gasteiger partial charge in [0.1, 0.15) is 5.69 Å². The van der Waals surface area contributed by atoms with Crippen LogP contribution in [0.25, 0.3) is 0 Å².